The lowest BCUT2D eigenvalue weighted by Gasteiger charge is -2.06. The number of rotatable bonds is 2. The average Bonchev–Trinajstić information content (AvgIpc) is 2.80. The Morgan fingerprint density at radius 3 is 2.78 bits per heavy atom. The van der Waals surface area contributed by atoms with Gasteiger partial charge >= 0.3 is 0 Å². The molecule has 0 atom stereocenters. The topological polar surface area (TPSA) is 65.4 Å². The van der Waals surface area contributed by atoms with Gasteiger partial charge in [-0.15, -0.1) is 0 Å². The van der Waals surface area contributed by atoms with Gasteiger partial charge in [-0.1, -0.05) is 0 Å². The summed E-state index contributed by atoms with van der Waals surface area (Å²) in [6, 6.07) is 5.65. The van der Waals surface area contributed by atoms with Gasteiger partial charge in [-0.05, 0) is 24.3 Å². The Morgan fingerprint density at radius 1 is 1.22 bits per heavy atom. The van der Waals surface area contributed by atoms with Crippen molar-refractivity contribution in [2.75, 3.05) is 5.73 Å². The quantitative estimate of drug-likeness (QED) is 0.750. The minimum Gasteiger partial charge on any atom is -0.436 e. The number of fused-ring (bicyclic) bond motifs is 1. The third-order valence-corrected chi connectivity index (χ3v) is 2.39. The average molecular weight is 244 g/mol. The normalized spacial score (nSPS) is 10.7. The monoisotopic (exact) mass is 244 g/mol. The van der Waals surface area contributed by atoms with Crippen molar-refractivity contribution in [3.8, 4) is 11.6 Å². The fraction of sp³-hybridized carbons (Fsp3) is 0. The Bertz CT molecular complexity index is 693. The molecule has 1 aromatic carbocycles. The molecule has 2 heterocycles. The van der Waals surface area contributed by atoms with Gasteiger partial charge in [0.25, 0.3) is 5.88 Å². The lowest BCUT2D eigenvalue weighted by molar-refractivity contribution is 0.464. The van der Waals surface area contributed by atoms with Crippen LogP contribution >= 0.6 is 0 Å². The predicted molar refractivity (Wildman–Crippen MR) is 63.9 cm³/mol. The minimum absolute atomic E-state index is 0.284. The van der Waals surface area contributed by atoms with E-state index in [1.807, 2.05) is 0 Å². The van der Waals surface area contributed by atoms with Crippen molar-refractivity contribution in [2.24, 2.45) is 0 Å². The van der Waals surface area contributed by atoms with E-state index < -0.39 is 0 Å². The van der Waals surface area contributed by atoms with Crippen molar-refractivity contribution < 1.29 is 9.13 Å². The summed E-state index contributed by atoms with van der Waals surface area (Å²) in [5, 5.41) is 0. The van der Waals surface area contributed by atoms with Gasteiger partial charge in [0.2, 0.25) is 5.65 Å². The second-order valence-corrected chi connectivity index (χ2v) is 3.69. The molecule has 5 nitrogen and oxygen atoms in total. The van der Waals surface area contributed by atoms with E-state index in [2.05, 4.69) is 9.97 Å². The molecular formula is C12H9FN4O. The molecule has 18 heavy (non-hydrogen) atoms. The SMILES string of the molecule is Nc1cn2ccnc2c(Oc2ccc(F)cc2)n1. The van der Waals surface area contributed by atoms with Crippen molar-refractivity contribution >= 4 is 11.5 Å². The molecule has 0 fully saturated rings. The fourth-order valence-electron chi connectivity index (χ4n) is 1.60. The Morgan fingerprint density at radius 2 is 2.00 bits per heavy atom. The molecule has 2 aromatic heterocycles. The summed E-state index contributed by atoms with van der Waals surface area (Å²) in [6.07, 6.45) is 5.00. The van der Waals surface area contributed by atoms with Crippen LogP contribution in [0.1, 0.15) is 0 Å². The second-order valence-electron chi connectivity index (χ2n) is 3.69. The van der Waals surface area contributed by atoms with Crippen LogP contribution in [0.5, 0.6) is 11.6 Å². The van der Waals surface area contributed by atoms with Crippen LogP contribution in [0.2, 0.25) is 0 Å². The number of hydrogen-bond donors (Lipinski definition) is 1. The first-order valence-electron chi connectivity index (χ1n) is 5.25. The highest BCUT2D eigenvalue weighted by Gasteiger charge is 2.08. The second kappa shape index (κ2) is 3.99. The van der Waals surface area contributed by atoms with Crippen LogP contribution in [-0.2, 0) is 0 Å². The van der Waals surface area contributed by atoms with E-state index in [-0.39, 0.29) is 11.7 Å². The van der Waals surface area contributed by atoms with Gasteiger partial charge in [-0.2, -0.15) is 4.98 Å². The molecule has 0 radical (unpaired) electrons. The molecule has 0 spiro atoms. The van der Waals surface area contributed by atoms with E-state index in [4.69, 9.17) is 10.5 Å². The number of nitrogens with two attached hydrogens (primary N) is 1. The van der Waals surface area contributed by atoms with Crippen molar-refractivity contribution in [1.29, 1.82) is 0 Å². The number of nitrogen functional groups attached to an aromatic ring is 1. The summed E-state index contributed by atoms with van der Waals surface area (Å²) >= 11 is 0. The van der Waals surface area contributed by atoms with E-state index in [1.54, 1.807) is 23.0 Å². The van der Waals surface area contributed by atoms with E-state index in [0.717, 1.165) is 0 Å². The van der Waals surface area contributed by atoms with Gasteiger partial charge in [-0.25, -0.2) is 9.37 Å². The van der Waals surface area contributed by atoms with Crippen LogP contribution in [0.3, 0.4) is 0 Å². The van der Waals surface area contributed by atoms with Crippen LogP contribution in [-0.4, -0.2) is 14.4 Å². The maximum absolute atomic E-state index is 12.8. The van der Waals surface area contributed by atoms with Crippen molar-refractivity contribution in [3.63, 3.8) is 0 Å². The van der Waals surface area contributed by atoms with E-state index in [1.165, 1.54) is 24.3 Å². The van der Waals surface area contributed by atoms with Gasteiger partial charge < -0.3 is 10.5 Å². The maximum Gasteiger partial charge on any atom is 0.265 e. The van der Waals surface area contributed by atoms with Gasteiger partial charge in [0, 0.05) is 12.4 Å². The lowest BCUT2D eigenvalue weighted by Crippen LogP contribution is -1.98. The standard InChI is InChI=1S/C12H9FN4O/c13-8-1-3-9(4-2-8)18-12-11-15-5-6-17(11)7-10(14)16-12/h1-7H,14H2. The number of halogens is 1. The summed E-state index contributed by atoms with van der Waals surface area (Å²) in [5.41, 5.74) is 6.21. The predicted octanol–water partition coefficient (Wildman–Crippen LogP) is 2.24. The third kappa shape index (κ3) is 1.84. The van der Waals surface area contributed by atoms with Crippen LogP contribution in [0.4, 0.5) is 10.2 Å². The molecule has 0 saturated heterocycles. The van der Waals surface area contributed by atoms with Gasteiger partial charge in [0.1, 0.15) is 17.4 Å². The maximum atomic E-state index is 12.8. The molecule has 6 heteroatoms. The molecule has 0 bridgehead atoms. The minimum atomic E-state index is -0.325. The first-order valence-corrected chi connectivity index (χ1v) is 5.25. The fourth-order valence-corrected chi connectivity index (χ4v) is 1.60. The van der Waals surface area contributed by atoms with Gasteiger partial charge in [0.15, 0.2) is 0 Å². The summed E-state index contributed by atoms with van der Waals surface area (Å²) in [5.74, 6) is 0.748. The number of benzene rings is 1. The zero-order valence-electron chi connectivity index (χ0n) is 9.25. The van der Waals surface area contributed by atoms with Crippen molar-refractivity contribution in [1.82, 2.24) is 14.4 Å². The molecule has 0 aliphatic heterocycles. The third-order valence-electron chi connectivity index (χ3n) is 2.39. The van der Waals surface area contributed by atoms with Gasteiger partial charge in [-0.3, -0.25) is 4.40 Å². The number of ether oxygens (including phenoxy) is 1. The molecule has 0 aliphatic rings. The summed E-state index contributed by atoms with van der Waals surface area (Å²) < 4.78 is 20.0. The zero-order valence-corrected chi connectivity index (χ0v) is 9.25. The number of anilines is 1. The summed E-state index contributed by atoms with van der Waals surface area (Å²) in [4.78, 5) is 8.19. The number of hydrogen-bond acceptors (Lipinski definition) is 4. The molecule has 3 rings (SSSR count). The van der Waals surface area contributed by atoms with Crippen molar-refractivity contribution in [3.05, 3.63) is 48.7 Å². The smallest absolute Gasteiger partial charge is 0.265 e. The highest BCUT2D eigenvalue weighted by Crippen LogP contribution is 2.24. The summed E-state index contributed by atoms with van der Waals surface area (Å²) in [7, 11) is 0. The molecule has 0 aliphatic carbocycles. The van der Waals surface area contributed by atoms with Crippen LogP contribution in [0, 0.1) is 5.82 Å². The number of imidazole rings is 1. The van der Waals surface area contributed by atoms with Crippen molar-refractivity contribution in [2.45, 2.75) is 0 Å². The molecule has 90 valence electrons. The van der Waals surface area contributed by atoms with Gasteiger partial charge in [0.05, 0.1) is 6.20 Å². The Balaban J connectivity index is 2.03. The Hall–Kier alpha value is -2.63. The molecule has 3 aromatic rings. The first kappa shape index (κ1) is 10.5. The molecule has 0 saturated carbocycles. The van der Waals surface area contributed by atoms with Crippen LogP contribution in [0.15, 0.2) is 42.9 Å². The Kier molecular flexibility index (Phi) is 2.33. The van der Waals surface area contributed by atoms with Crippen LogP contribution in [0.25, 0.3) is 5.65 Å². The van der Waals surface area contributed by atoms with E-state index in [0.29, 0.717) is 17.2 Å². The Labute approximate surface area is 102 Å². The molecule has 0 amide bonds. The largest absolute Gasteiger partial charge is 0.436 e. The van der Waals surface area contributed by atoms with E-state index in [9.17, 15) is 4.39 Å². The summed E-state index contributed by atoms with van der Waals surface area (Å²) in [6.45, 7) is 0. The highest BCUT2D eigenvalue weighted by molar-refractivity contribution is 5.53. The molecular weight excluding hydrogens is 235 g/mol. The highest BCUT2D eigenvalue weighted by atomic mass is 19.1. The first-order chi connectivity index (χ1) is 8.72. The number of aromatic nitrogens is 3. The number of nitrogens with zero attached hydrogens (tertiary/aromatic N) is 3. The molecule has 0 unspecified atom stereocenters. The lowest BCUT2D eigenvalue weighted by atomic mass is 10.3. The molecule has 2 N–H and O–H groups in total. The van der Waals surface area contributed by atoms with Crippen LogP contribution < -0.4 is 10.5 Å². The van der Waals surface area contributed by atoms with E-state index >= 15 is 0 Å². The zero-order chi connectivity index (χ0) is 12.5.